The smallest absolute Gasteiger partial charge is 0 e. The van der Waals surface area contributed by atoms with Crippen molar-refractivity contribution in [3.05, 3.63) is 0 Å². The van der Waals surface area contributed by atoms with E-state index >= 15 is 0 Å². The molecule has 0 atom stereocenters. The van der Waals surface area contributed by atoms with Gasteiger partial charge in [-0.2, -0.15) is 0 Å². The molecule has 7 N–H and O–H groups in total. The van der Waals surface area contributed by atoms with Crippen LogP contribution in [-0.4, -0.2) is 65.9 Å². The molecule has 16 heavy (non-hydrogen) atoms. The summed E-state index contributed by atoms with van der Waals surface area (Å²) in [6.07, 6.45) is -0.856. The molecular formula is C4H14NNaO7P2Zn. The second-order valence-electron chi connectivity index (χ2n) is 2.75. The molecule has 8 nitrogen and oxygen atoms in total. The van der Waals surface area contributed by atoms with Crippen molar-refractivity contribution in [2.75, 3.05) is 6.54 Å². The molecule has 0 unspecified atom stereocenters. The van der Waals surface area contributed by atoms with Crippen LogP contribution in [0.3, 0.4) is 0 Å². The number of hydrogen-bond donors (Lipinski definition) is 6. The molecule has 0 aromatic heterocycles. The number of rotatable bonds is 5. The van der Waals surface area contributed by atoms with Gasteiger partial charge in [0.05, 0.1) is 0 Å². The number of hydrogen-bond acceptors (Lipinski definition) is 4. The topological polar surface area (TPSA) is 161 Å². The zero-order valence-electron chi connectivity index (χ0n) is 7.85. The molecule has 90 valence electrons. The van der Waals surface area contributed by atoms with Crippen LogP contribution < -0.4 is 5.73 Å². The Balaban J connectivity index is -0.000000845. The summed E-state index contributed by atoms with van der Waals surface area (Å²) in [6, 6.07) is 0. The molecule has 0 amide bonds. The maximum Gasteiger partial charge on any atom is 0 e. The van der Waals surface area contributed by atoms with E-state index in [9.17, 15) is 14.2 Å². The van der Waals surface area contributed by atoms with Gasteiger partial charge in [0.2, 0.25) is 0 Å². The van der Waals surface area contributed by atoms with E-state index in [1.54, 1.807) is 0 Å². The third kappa shape index (κ3) is 5.66. The first kappa shape index (κ1) is 23.0. The minimum Gasteiger partial charge on any atom is 0 e. The Labute approximate surface area is 127 Å². The molecule has 0 bridgehead atoms. The van der Waals surface area contributed by atoms with E-state index in [0.717, 1.165) is 0 Å². The Morgan fingerprint density at radius 1 is 1.06 bits per heavy atom. The van der Waals surface area contributed by atoms with Gasteiger partial charge in [-0.3, -0.25) is 9.13 Å². The fourth-order valence-corrected chi connectivity index (χ4v) is 3.06. The summed E-state index contributed by atoms with van der Waals surface area (Å²) in [6.45, 7) is -0.0394. The average Bonchev–Trinajstić information content (AvgIpc) is 1.95. The third-order valence-electron chi connectivity index (χ3n) is 1.65. The zero-order valence-corrected chi connectivity index (χ0v) is 12.6. The normalized spacial score (nSPS) is 12.6. The Kier molecular flexibility index (Phi) is 11.6. The van der Waals surface area contributed by atoms with Crippen molar-refractivity contribution < 1.29 is 53.3 Å². The molecule has 12 heteroatoms. The number of aliphatic hydroxyl groups is 1. The van der Waals surface area contributed by atoms with Gasteiger partial charge in [0.1, 0.15) is 0 Å². The van der Waals surface area contributed by atoms with Crippen LogP contribution in [-0.2, 0) is 28.6 Å². The predicted molar refractivity (Wildman–Crippen MR) is 54.5 cm³/mol. The summed E-state index contributed by atoms with van der Waals surface area (Å²) in [5.74, 6) is 0. The maximum atomic E-state index is 10.7. The van der Waals surface area contributed by atoms with Crippen LogP contribution >= 0.6 is 15.2 Å². The largest absolute Gasteiger partial charge is 0 e. The van der Waals surface area contributed by atoms with Crippen molar-refractivity contribution >= 4 is 44.7 Å². The van der Waals surface area contributed by atoms with Crippen molar-refractivity contribution in [1.82, 2.24) is 0 Å². The molecule has 0 aliphatic carbocycles. The molecule has 0 heterocycles. The Hall–Kier alpha value is 1.84. The van der Waals surface area contributed by atoms with Gasteiger partial charge < -0.3 is 30.4 Å². The fraction of sp³-hybridized carbons (Fsp3) is 1.00. The van der Waals surface area contributed by atoms with Crippen molar-refractivity contribution in [3.8, 4) is 0 Å². The Bertz CT molecular complexity index is 268. The molecule has 0 radical (unpaired) electrons. The third-order valence-corrected chi connectivity index (χ3v) is 5.53. The van der Waals surface area contributed by atoms with Crippen LogP contribution in [0.15, 0.2) is 0 Å². The van der Waals surface area contributed by atoms with Crippen LogP contribution in [0.1, 0.15) is 12.8 Å². The molecule has 0 aromatic rings. The van der Waals surface area contributed by atoms with Gasteiger partial charge in [0, 0.05) is 25.9 Å². The summed E-state index contributed by atoms with van der Waals surface area (Å²) >= 11 is 0. The van der Waals surface area contributed by atoms with Crippen molar-refractivity contribution in [2.45, 2.75) is 17.9 Å². The second-order valence-corrected chi connectivity index (χ2v) is 6.76. The summed E-state index contributed by atoms with van der Waals surface area (Å²) in [5, 5.41) is 5.91. The van der Waals surface area contributed by atoms with Crippen LogP contribution in [0.25, 0.3) is 0 Å². The molecule has 0 aliphatic rings. The summed E-state index contributed by atoms with van der Waals surface area (Å²) in [7, 11) is -10.6. The van der Waals surface area contributed by atoms with Gasteiger partial charge in [-0.15, -0.1) is 0 Å². The van der Waals surface area contributed by atoms with Gasteiger partial charge in [-0.25, -0.2) is 0 Å². The quantitative estimate of drug-likeness (QED) is 0.250. The summed E-state index contributed by atoms with van der Waals surface area (Å²) in [5.41, 5.74) is 5.01. The zero-order chi connectivity index (χ0) is 11.6. The van der Waals surface area contributed by atoms with Gasteiger partial charge in [-0.1, -0.05) is 0 Å². The Morgan fingerprint density at radius 2 is 1.38 bits per heavy atom. The average molecular weight is 338 g/mol. The van der Waals surface area contributed by atoms with Gasteiger partial charge in [0.15, 0.2) is 0 Å². The van der Waals surface area contributed by atoms with Gasteiger partial charge in [-0.05, 0) is 13.0 Å². The van der Waals surface area contributed by atoms with Crippen LogP contribution in [0.4, 0.5) is 0 Å². The summed E-state index contributed by atoms with van der Waals surface area (Å²) in [4.78, 5) is 34.5. The molecule has 0 aromatic carbocycles. The van der Waals surface area contributed by atoms with E-state index in [-0.39, 0.29) is 62.0 Å². The molecule has 0 spiro atoms. The molecule has 0 rings (SSSR count). The molecular weight excluding hydrogens is 324 g/mol. The monoisotopic (exact) mass is 337 g/mol. The number of nitrogens with two attached hydrogens (primary N) is 1. The fourth-order valence-electron chi connectivity index (χ4n) is 0.800. The van der Waals surface area contributed by atoms with Crippen LogP contribution in [0.2, 0.25) is 0 Å². The minimum atomic E-state index is -5.30. The first-order valence-corrected chi connectivity index (χ1v) is 6.82. The van der Waals surface area contributed by atoms with E-state index < -0.39 is 26.7 Å². The standard InChI is InChI=1S/C4H13NO7P2.Na.Zn.H/c5-3-1-2-4(6,13(7,8)9)14(10,11)12;;;/h6H,1-3,5H2,(H2,7,8,9)(H2,10,11,12);;;. The minimum absolute atomic E-state index is 0. The maximum absolute atomic E-state index is 10.7. The molecule has 0 aliphatic heterocycles. The Morgan fingerprint density at radius 3 is 1.56 bits per heavy atom. The van der Waals surface area contributed by atoms with E-state index in [4.69, 9.17) is 25.3 Å². The van der Waals surface area contributed by atoms with E-state index in [1.807, 2.05) is 0 Å². The van der Waals surface area contributed by atoms with Crippen LogP contribution in [0, 0.1) is 0 Å². The van der Waals surface area contributed by atoms with E-state index in [0.29, 0.717) is 0 Å². The first-order valence-electron chi connectivity index (χ1n) is 3.60. The first-order chi connectivity index (χ1) is 6.06. The van der Waals surface area contributed by atoms with Gasteiger partial charge >= 0.3 is 44.7 Å². The van der Waals surface area contributed by atoms with Crippen LogP contribution in [0.5, 0.6) is 0 Å². The second kappa shape index (κ2) is 8.10. The molecule has 0 saturated heterocycles. The van der Waals surface area contributed by atoms with Crippen molar-refractivity contribution in [1.29, 1.82) is 0 Å². The van der Waals surface area contributed by atoms with E-state index in [2.05, 4.69) is 0 Å². The molecule has 0 fully saturated rings. The van der Waals surface area contributed by atoms with Gasteiger partial charge in [0.25, 0.3) is 5.08 Å². The molecule has 0 saturated carbocycles. The van der Waals surface area contributed by atoms with Crippen molar-refractivity contribution in [3.63, 3.8) is 0 Å². The predicted octanol–water partition coefficient (Wildman–Crippen LogP) is -1.92. The summed E-state index contributed by atoms with van der Waals surface area (Å²) < 4.78 is 21.4. The van der Waals surface area contributed by atoms with Crippen molar-refractivity contribution in [2.24, 2.45) is 5.73 Å². The SMILES string of the molecule is NCCCC(O)(P(=O)(O)O)P(=O)(O)O.[NaH].[Zn]. The van der Waals surface area contributed by atoms with E-state index in [1.165, 1.54) is 0 Å².